The zero-order chi connectivity index (χ0) is 13.4. The van der Waals surface area contributed by atoms with Crippen molar-refractivity contribution < 1.29 is 9.15 Å². The van der Waals surface area contributed by atoms with Crippen molar-refractivity contribution in [2.45, 2.75) is 6.92 Å². The fourth-order valence-corrected chi connectivity index (χ4v) is 1.89. The number of H-pyrrole nitrogens is 1. The molecule has 0 saturated heterocycles. The van der Waals surface area contributed by atoms with E-state index in [0.717, 1.165) is 5.56 Å². The minimum atomic E-state index is -0.512. The van der Waals surface area contributed by atoms with E-state index in [2.05, 4.69) is 4.98 Å². The van der Waals surface area contributed by atoms with E-state index in [1.165, 1.54) is 0 Å². The summed E-state index contributed by atoms with van der Waals surface area (Å²) in [6.45, 7) is 1.98. The normalized spacial score (nSPS) is 10.8. The summed E-state index contributed by atoms with van der Waals surface area (Å²) in [5, 5.41) is 0. The molecule has 0 bridgehead atoms. The number of oxazole rings is 1. The molecule has 5 nitrogen and oxygen atoms in total. The number of aryl methyl sites for hydroxylation is 1. The number of hydrogen-bond acceptors (Lipinski definition) is 4. The Balaban J connectivity index is 2.04. The van der Waals surface area contributed by atoms with Crippen LogP contribution in [-0.4, -0.2) is 4.98 Å². The fraction of sp³-hybridized carbons (Fsp3) is 0.0714. The molecule has 96 valence electrons. The first-order valence-electron chi connectivity index (χ1n) is 5.79. The summed E-state index contributed by atoms with van der Waals surface area (Å²) in [6.07, 6.45) is 0. The molecule has 0 saturated carbocycles. The van der Waals surface area contributed by atoms with Crippen LogP contribution in [0.1, 0.15) is 5.56 Å². The van der Waals surface area contributed by atoms with Crippen molar-refractivity contribution in [2.75, 3.05) is 5.73 Å². The van der Waals surface area contributed by atoms with Crippen molar-refractivity contribution >= 4 is 16.8 Å². The van der Waals surface area contributed by atoms with E-state index in [-0.39, 0.29) is 0 Å². The molecule has 0 radical (unpaired) electrons. The first-order valence-corrected chi connectivity index (χ1v) is 5.79. The molecule has 2 aromatic carbocycles. The van der Waals surface area contributed by atoms with Crippen molar-refractivity contribution in [3.63, 3.8) is 0 Å². The third-order valence-electron chi connectivity index (χ3n) is 2.77. The second-order valence-corrected chi connectivity index (χ2v) is 4.32. The number of hydrogen-bond donors (Lipinski definition) is 2. The molecule has 3 N–H and O–H groups in total. The fourth-order valence-electron chi connectivity index (χ4n) is 1.89. The number of ether oxygens (including phenoxy) is 1. The topological polar surface area (TPSA) is 81.2 Å². The first-order chi connectivity index (χ1) is 9.11. The third-order valence-corrected chi connectivity index (χ3v) is 2.77. The zero-order valence-electron chi connectivity index (χ0n) is 10.3. The number of nitrogens with two attached hydrogens (primary N) is 1. The number of nitrogens with one attached hydrogen (secondary N) is 1. The SMILES string of the molecule is Cc1cccc(Oc2cc3[nH]c(=O)oc3cc2N)c1. The Hall–Kier alpha value is -2.69. The molecular weight excluding hydrogens is 244 g/mol. The molecular formula is C14H12N2O3. The second-order valence-electron chi connectivity index (χ2n) is 4.32. The van der Waals surface area contributed by atoms with Crippen molar-refractivity contribution in [1.29, 1.82) is 0 Å². The van der Waals surface area contributed by atoms with Gasteiger partial charge in [0.25, 0.3) is 0 Å². The second kappa shape index (κ2) is 4.20. The number of fused-ring (bicyclic) bond motifs is 1. The quantitative estimate of drug-likeness (QED) is 0.691. The lowest BCUT2D eigenvalue weighted by molar-refractivity contribution is 0.485. The van der Waals surface area contributed by atoms with Crippen molar-refractivity contribution in [3.8, 4) is 11.5 Å². The van der Waals surface area contributed by atoms with Gasteiger partial charge in [-0.25, -0.2) is 4.79 Å². The Bertz CT molecular complexity index is 802. The van der Waals surface area contributed by atoms with E-state index < -0.39 is 5.76 Å². The number of anilines is 1. The van der Waals surface area contributed by atoms with Gasteiger partial charge in [-0.15, -0.1) is 0 Å². The van der Waals surface area contributed by atoms with Gasteiger partial charge in [-0.3, -0.25) is 4.98 Å². The summed E-state index contributed by atoms with van der Waals surface area (Å²) in [7, 11) is 0. The number of aromatic amines is 1. The molecule has 0 atom stereocenters. The van der Waals surface area contributed by atoms with Gasteiger partial charge in [-0.1, -0.05) is 12.1 Å². The molecule has 0 amide bonds. The van der Waals surface area contributed by atoms with Crippen LogP contribution in [0.25, 0.3) is 11.1 Å². The molecule has 0 spiro atoms. The van der Waals surface area contributed by atoms with Gasteiger partial charge < -0.3 is 14.9 Å². The van der Waals surface area contributed by atoms with Crippen molar-refractivity contribution in [3.05, 3.63) is 52.5 Å². The van der Waals surface area contributed by atoms with Crippen LogP contribution in [0, 0.1) is 6.92 Å². The van der Waals surface area contributed by atoms with E-state index >= 15 is 0 Å². The molecule has 3 aromatic rings. The molecule has 0 aliphatic heterocycles. The van der Waals surface area contributed by atoms with Gasteiger partial charge >= 0.3 is 5.76 Å². The summed E-state index contributed by atoms with van der Waals surface area (Å²) < 4.78 is 10.6. The van der Waals surface area contributed by atoms with Crippen LogP contribution in [0.3, 0.4) is 0 Å². The summed E-state index contributed by atoms with van der Waals surface area (Å²) in [5.74, 6) is 0.661. The Kier molecular flexibility index (Phi) is 2.52. The number of benzene rings is 2. The molecule has 1 aromatic heterocycles. The Morgan fingerprint density at radius 2 is 2.11 bits per heavy atom. The standard InChI is InChI=1S/C14H12N2O3/c1-8-3-2-4-9(5-8)18-12-7-11-13(6-10(12)15)19-14(17)16-11/h2-7H,15H2,1H3,(H,16,17). The molecule has 0 aliphatic rings. The largest absolute Gasteiger partial charge is 0.455 e. The van der Waals surface area contributed by atoms with Gasteiger partial charge in [0.2, 0.25) is 0 Å². The Labute approximate surface area is 108 Å². The summed E-state index contributed by atoms with van der Waals surface area (Å²) in [5.41, 5.74) is 8.36. The van der Waals surface area contributed by atoms with Crippen LogP contribution in [0.15, 0.2) is 45.6 Å². The van der Waals surface area contributed by atoms with E-state index in [1.54, 1.807) is 12.1 Å². The molecule has 0 fully saturated rings. The molecule has 5 heteroatoms. The number of nitrogen functional groups attached to an aromatic ring is 1. The summed E-state index contributed by atoms with van der Waals surface area (Å²) >= 11 is 0. The highest BCUT2D eigenvalue weighted by molar-refractivity contribution is 5.80. The minimum absolute atomic E-state index is 0.414. The Morgan fingerprint density at radius 3 is 2.89 bits per heavy atom. The third kappa shape index (κ3) is 2.18. The lowest BCUT2D eigenvalue weighted by atomic mass is 10.2. The van der Waals surface area contributed by atoms with E-state index in [9.17, 15) is 4.79 Å². The van der Waals surface area contributed by atoms with E-state index in [1.807, 2.05) is 31.2 Å². The van der Waals surface area contributed by atoms with Crippen molar-refractivity contribution in [1.82, 2.24) is 4.98 Å². The molecule has 19 heavy (non-hydrogen) atoms. The van der Waals surface area contributed by atoms with E-state index in [4.69, 9.17) is 14.9 Å². The first kappa shape index (κ1) is 11.4. The van der Waals surface area contributed by atoms with Crippen LogP contribution in [0.5, 0.6) is 11.5 Å². The molecule has 0 unspecified atom stereocenters. The maximum atomic E-state index is 11.1. The minimum Gasteiger partial charge on any atom is -0.455 e. The maximum absolute atomic E-state index is 11.1. The van der Waals surface area contributed by atoms with Crippen LogP contribution >= 0.6 is 0 Å². The highest BCUT2D eigenvalue weighted by atomic mass is 16.5. The smallest absolute Gasteiger partial charge is 0.417 e. The molecule has 1 heterocycles. The lowest BCUT2D eigenvalue weighted by Gasteiger charge is -2.08. The van der Waals surface area contributed by atoms with Gasteiger partial charge in [0, 0.05) is 12.1 Å². The number of aromatic nitrogens is 1. The van der Waals surface area contributed by atoms with Gasteiger partial charge in [0.15, 0.2) is 11.3 Å². The predicted octanol–water partition coefficient (Wildman–Crippen LogP) is 2.80. The summed E-state index contributed by atoms with van der Waals surface area (Å²) in [4.78, 5) is 13.7. The van der Waals surface area contributed by atoms with Gasteiger partial charge in [-0.2, -0.15) is 0 Å². The Morgan fingerprint density at radius 1 is 1.26 bits per heavy atom. The van der Waals surface area contributed by atoms with Gasteiger partial charge in [0.1, 0.15) is 5.75 Å². The summed E-state index contributed by atoms with van der Waals surface area (Å²) in [6, 6.07) is 10.8. The maximum Gasteiger partial charge on any atom is 0.417 e. The zero-order valence-corrected chi connectivity index (χ0v) is 10.3. The highest BCUT2D eigenvalue weighted by Crippen LogP contribution is 2.31. The van der Waals surface area contributed by atoms with Crippen LogP contribution in [-0.2, 0) is 0 Å². The van der Waals surface area contributed by atoms with Gasteiger partial charge in [0.05, 0.1) is 11.2 Å². The number of rotatable bonds is 2. The van der Waals surface area contributed by atoms with Crippen molar-refractivity contribution in [2.24, 2.45) is 0 Å². The highest BCUT2D eigenvalue weighted by Gasteiger charge is 2.08. The average Bonchev–Trinajstić information content (AvgIpc) is 2.69. The van der Waals surface area contributed by atoms with E-state index in [0.29, 0.717) is 28.3 Å². The molecule has 3 rings (SSSR count). The lowest BCUT2D eigenvalue weighted by Crippen LogP contribution is -1.93. The molecule has 0 aliphatic carbocycles. The van der Waals surface area contributed by atoms with Crippen LogP contribution < -0.4 is 16.2 Å². The van der Waals surface area contributed by atoms with Gasteiger partial charge in [-0.05, 0) is 24.6 Å². The predicted molar refractivity (Wildman–Crippen MR) is 72.5 cm³/mol. The average molecular weight is 256 g/mol. The van der Waals surface area contributed by atoms with Crippen LogP contribution in [0.2, 0.25) is 0 Å². The monoisotopic (exact) mass is 256 g/mol. The van der Waals surface area contributed by atoms with Crippen LogP contribution in [0.4, 0.5) is 5.69 Å².